The molecule has 0 unspecified atom stereocenters. The van der Waals surface area contributed by atoms with Gasteiger partial charge in [-0.25, -0.2) is 9.97 Å². The Labute approximate surface area is 118 Å². The topological polar surface area (TPSA) is 56.3 Å². The van der Waals surface area contributed by atoms with Gasteiger partial charge in [0.25, 0.3) is 0 Å². The largest absolute Gasteiger partial charge is 0.490 e. The van der Waals surface area contributed by atoms with Gasteiger partial charge < -0.3 is 14.8 Å². The van der Waals surface area contributed by atoms with Crippen molar-refractivity contribution in [2.75, 3.05) is 12.4 Å². The number of nitrogens with one attached hydrogen (secondary N) is 1. The first-order valence-corrected chi connectivity index (χ1v) is 5.85. The highest BCUT2D eigenvalue weighted by atomic mass is 35.5. The van der Waals surface area contributed by atoms with Crippen molar-refractivity contribution in [1.29, 1.82) is 0 Å². The molecule has 8 heteroatoms. The zero-order valence-corrected chi connectivity index (χ0v) is 11.1. The Morgan fingerprint density at radius 3 is 2.70 bits per heavy atom. The second kappa shape index (κ2) is 6.33. The van der Waals surface area contributed by atoms with E-state index in [1.54, 1.807) is 18.2 Å². The van der Waals surface area contributed by atoms with Crippen LogP contribution in [-0.4, -0.2) is 23.7 Å². The van der Waals surface area contributed by atoms with Gasteiger partial charge in [-0.3, -0.25) is 0 Å². The fraction of sp³-hybridized carbons (Fsp3) is 0.167. The van der Waals surface area contributed by atoms with Gasteiger partial charge >= 0.3 is 6.61 Å². The lowest BCUT2D eigenvalue weighted by Crippen LogP contribution is -2.05. The molecule has 1 aromatic carbocycles. The lowest BCUT2D eigenvalue weighted by Gasteiger charge is -2.14. The van der Waals surface area contributed by atoms with Crippen LogP contribution in [0.5, 0.6) is 11.5 Å². The summed E-state index contributed by atoms with van der Waals surface area (Å²) in [5, 5.41) is 2.93. The van der Waals surface area contributed by atoms with Crippen LogP contribution < -0.4 is 14.8 Å². The van der Waals surface area contributed by atoms with Crippen LogP contribution >= 0.6 is 11.6 Å². The summed E-state index contributed by atoms with van der Waals surface area (Å²) < 4.78 is 34.1. The van der Waals surface area contributed by atoms with E-state index >= 15 is 0 Å². The molecule has 0 fully saturated rings. The predicted molar refractivity (Wildman–Crippen MR) is 70.0 cm³/mol. The molecule has 2 aromatic rings. The number of halogens is 3. The number of benzene rings is 1. The highest BCUT2D eigenvalue weighted by molar-refractivity contribution is 6.31. The first-order valence-electron chi connectivity index (χ1n) is 5.47. The van der Waals surface area contributed by atoms with Gasteiger partial charge in [-0.05, 0) is 12.1 Å². The van der Waals surface area contributed by atoms with Gasteiger partial charge in [0.05, 0.1) is 12.8 Å². The minimum atomic E-state index is -2.92. The molecule has 1 N–H and O–H groups in total. The molecule has 0 aliphatic heterocycles. The van der Waals surface area contributed by atoms with Gasteiger partial charge in [0, 0.05) is 0 Å². The third-order valence-electron chi connectivity index (χ3n) is 2.32. The van der Waals surface area contributed by atoms with Crippen molar-refractivity contribution in [3.05, 3.63) is 35.7 Å². The smallest absolute Gasteiger partial charge is 0.387 e. The van der Waals surface area contributed by atoms with Crippen molar-refractivity contribution in [3.63, 3.8) is 0 Å². The molecule has 0 atom stereocenters. The first kappa shape index (κ1) is 14.3. The summed E-state index contributed by atoms with van der Waals surface area (Å²) in [7, 11) is 1.40. The molecule has 106 valence electrons. The van der Waals surface area contributed by atoms with E-state index in [1.165, 1.54) is 19.5 Å². The number of hydrogen-bond donors (Lipinski definition) is 1. The number of nitrogens with zero attached hydrogens (tertiary/aromatic N) is 2. The van der Waals surface area contributed by atoms with Crippen LogP contribution in [0.3, 0.4) is 0 Å². The van der Waals surface area contributed by atoms with E-state index in [-0.39, 0.29) is 22.5 Å². The van der Waals surface area contributed by atoms with Crippen molar-refractivity contribution in [2.45, 2.75) is 6.61 Å². The van der Waals surface area contributed by atoms with Crippen molar-refractivity contribution >= 4 is 23.1 Å². The molecule has 5 nitrogen and oxygen atoms in total. The molecule has 0 spiro atoms. The third-order valence-corrected chi connectivity index (χ3v) is 2.59. The summed E-state index contributed by atoms with van der Waals surface area (Å²) >= 11 is 5.85. The number of ether oxygens (including phenoxy) is 2. The summed E-state index contributed by atoms with van der Waals surface area (Å²) in [6, 6.07) is 6.21. The fourth-order valence-corrected chi connectivity index (χ4v) is 1.73. The maximum atomic E-state index is 12.3. The summed E-state index contributed by atoms with van der Waals surface area (Å²) in [6.07, 6.45) is 1.23. The van der Waals surface area contributed by atoms with Crippen molar-refractivity contribution in [3.8, 4) is 11.5 Å². The van der Waals surface area contributed by atoms with E-state index < -0.39 is 6.61 Å². The lowest BCUT2D eigenvalue weighted by molar-refractivity contribution is -0.0493. The molecule has 0 radical (unpaired) electrons. The van der Waals surface area contributed by atoms with Gasteiger partial charge in [0.15, 0.2) is 16.7 Å². The van der Waals surface area contributed by atoms with E-state index in [0.29, 0.717) is 5.69 Å². The van der Waals surface area contributed by atoms with E-state index in [1.807, 2.05) is 0 Å². The molecule has 20 heavy (non-hydrogen) atoms. The molecule has 0 aliphatic rings. The van der Waals surface area contributed by atoms with E-state index in [4.69, 9.17) is 16.3 Å². The Morgan fingerprint density at radius 1 is 1.25 bits per heavy atom. The maximum Gasteiger partial charge on any atom is 0.387 e. The highest BCUT2D eigenvalue weighted by Crippen LogP contribution is 2.34. The average Bonchev–Trinajstić information content (AvgIpc) is 2.41. The summed E-state index contributed by atoms with van der Waals surface area (Å²) in [5.74, 6) is 0.443. The van der Waals surface area contributed by atoms with Gasteiger partial charge in [0.1, 0.15) is 12.1 Å². The number of rotatable bonds is 5. The fourth-order valence-electron chi connectivity index (χ4n) is 1.52. The molecule has 0 aliphatic carbocycles. The number of hydrogen-bond acceptors (Lipinski definition) is 5. The van der Waals surface area contributed by atoms with Crippen molar-refractivity contribution in [2.24, 2.45) is 0 Å². The van der Waals surface area contributed by atoms with Gasteiger partial charge in [0.2, 0.25) is 0 Å². The van der Waals surface area contributed by atoms with Crippen LogP contribution in [0, 0.1) is 0 Å². The Bertz CT molecular complexity index is 599. The Morgan fingerprint density at radius 2 is 2.00 bits per heavy atom. The van der Waals surface area contributed by atoms with E-state index in [9.17, 15) is 8.78 Å². The van der Waals surface area contributed by atoms with Crippen LogP contribution in [0.1, 0.15) is 0 Å². The highest BCUT2D eigenvalue weighted by Gasteiger charge is 2.14. The number of aromatic nitrogens is 2. The van der Waals surface area contributed by atoms with Crippen molar-refractivity contribution < 1.29 is 18.3 Å². The molecule has 0 saturated heterocycles. The van der Waals surface area contributed by atoms with Crippen LogP contribution in [0.4, 0.5) is 20.3 Å². The van der Waals surface area contributed by atoms with Crippen LogP contribution in [0.25, 0.3) is 0 Å². The molecular formula is C12H10ClF2N3O2. The maximum absolute atomic E-state index is 12.3. The Hall–Kier alpha value is -2.15. The molecular weight excluding hydrogens is 292 g/mol. The second-order valence-corrected chi connectivity index (χ2v) is 3.90. The van der Waals surface area contributed by atoms with Crippen molar-refractivity contribution in [1.82, 2.24) is 9.97 Å². The Kier molecular flexibility index (Phi) is 4.52. The first-order chi connectivity index (χ1) is 9.61. The zero-order valence-electron chi connectivity index (χ0n) is 10.3. The molecule has 0 bridgehead atoms. The average molecular weight is 302 g/mol. The number of para-hydroxylation sites is 2. The molecule has 1 heterocycles. The van der Waals surface area contributed by atoms with Crippen LogP contribution in [0.15, 0.2) is 30.6 Å². The summed E-state index contributed by atoms with van der Waals surface area (Å²) in [5.41, 5.74) is 0.306. The van der Waals surface area contributed by atoms with Crippen LogP contribution in [0.2, 0.25) is 5.15 Å². The number of anilines is 2. The SMILES string of the molecule is COc1c(Cl)ncnc1Nc1ccccc1OC(F)F. The van der Waals surface area contributed by atoms with Gasteiger partial charge in [-0.15, -0.1) is 0 Å². The number of methoxy groups -OCH3 is 1. The van der Waals surface area contributed by atoms with Gasteiger partial charge in [-0.2, -0.15) is 8.78 Å². The second-order valence-electron chi connectivity index (χ2n) is 3.55. The molecule has 1 aromatic heterocycles. The Balaban J connectivity index is 2.33. The standard InChI is InChI=1S/C12H10ClF2N3O2/c1-19-9-10(13)16-6-17-11(9)18-7-4-2-3-5-8(7)20-12(14)15/h2-6,12H,1H3,(H,16,17,18). The monoisotopic (exact) mass is 301 g/mol. The van der Waals surface area contributed by atoms with E-state index in [2.05, 4.69) is 20.0 Å². The molecule has 0 amide bonds. The number of alkyl halides is 2. The lowest BCUT2D eigenvalue weighted by atomic mass is 10.3. The minimum Gasteiger partial charge on any atom is -0.490 e. The van der Waals surface area contributed by atoms with E-state index in [0.717, 1.165) is 0 Å². The molecule has 2 rings (SSSR count). The zero-order chi connectivity index (χ0) is 14.5. The normalized spacial score (nSPS) is 10.4. The van der Waals surface area contributed by atoms with Gasteiger partial charge in [-0.1, -0.05) is 23.7 Å². The minimum absolute atomic E-state index is 0.0145. The van der Waals surface area contributed by atoms with Crippen LogP contribution in [-0.2, 0) is 0 Å². The quantitative estimate of drug-likeness (QED) is 0.857. The predicted octanol–water partition coefficient (Wildman–Crippen LogP) is 3.48. The summed E-state index contributed by atoms with van der Waals surface area (Å²) in [4.78, 5) is 7.71. The molecule has 0 saturated carbocycles. The summed E-state index contributed by atoms with van der Waals surface area (Å²) in [6.45, 7) is -2.92. The third kappa shape index (κ3) is 3.24.